The van der Waals surface area contributed by atoms with Crippen molar-refractivity contribution in [1.29, 1.82) is 0 Å². The van der Waals surface area contributed by atoms with Crippen molar-refractivity contribution in [3.05, 3.63) is 34.9 Å². The van der Waals surface area contributed by atoms with Crippen molar-refractivity contribution in [1.82, 2.24) is 25.2 Å². The molecular weight excluding hydrogens is 186 g/mol. The molecule has 6 heteroatoms. The minimum atomic E-state index is 0.448. The molecule has 0 fully saturated rings. The molecular formula is C7H7N5S. The summed E-state index contributed by atoms with van der Waals surface area (Å²) in [6.45, 7) is 0.625. The first-order valence-electron chi connectivity index (χ1n) is 3.73. The van der Waals surface area contributed by atoms with Crippen LogP contribution in [0.2, 0.25) is 0 Å². The highest BCUT2D eigenvalue weighted by Crippen LogP contribution is 1.97. The zero-order valence-electron chi connectivity index (χ0n) is 6.71. The number of hydrogen-bond donors (Lipinski definition) is 1. The number of hydrogen-bond acceptors (Lipinski definition) is 4. The maximum absolute atomic E-state index is 4.92. The van der Waals surface area contributed by atoms with E-state index in [9.17, 15) is 0 Å². The fourth-order valence-corrected chi connectivity index (χ4v) is 1.14. The largest absolute Gasteiger partial charge is 0.264 e. The van der Waals surface area contributed by atoms with Gasteiger partial charge in [-0.25, -0.2) is 4.68 Å². The van der Waals surface area contributed by atoms with Crippen molar-refractivity contribution in [3.63, 3.8) is 0 Å². The van der Waals surface area contributed by atoms with Crippen molar-refractivity contribution in [2.45, 2.75) is 6.54 Å². The standard InChI is InChI=1S/C7H7N5S/c13-7-9-10-11-12(7)5-6-2-1-3-8-4-6/h1-4H,5H2,(H,9,11,13). The van der Waals surface area contributed by atoms with Crippen molar-refractivity contribution in [3.8, 4) is 0 Å². The van der Waals surface area contributed by atoms with Gasteiger partial charge in [-0.1, -0.05) is 16.4 Å². The van der Waals surface area contributed by atoms with E-state index in [1.54, 1.807) is 17.1 Å². The summed E-state index contributed by atoms with van der Waals surface area (Å²) in [5, 5.41) is 9.92. The van der Waals surface area contributed by atoms with Gasteiger partial charge in [0.2, 0.25) is 4.77 Å². The fourth-order valence-electron chi connectivity index (χ4n) is 0.993. The Hall–Kier alpha value is -1.56. The highest BCUT2D eigenvalue weighted by Gasteiger charge is 1.96. The lowest BCUT2D eigenvalue weighted by molar-refractivity contribution is 0.641. The Labute approximate surface area is 79.4 Å². The van der Waals surface area contributed by atoms with Gasteiger partial charge in [0.1, 0.15) is 0 Å². The van der Waals surface area contributed by atoms with Crippen molar-refractivity contribution in [2.24, 2.45) is 0 Å². The third-order valence-corrected chi connectivity index (χ3v) is 1.90. The first-order valence-corrected chi connectivity index (χ1v) is 4.14. The van der Waals surface area contributed by atoms with Gasteiger partial charge in [-0.05, 0) is 23.8 Å². The predicted octanol–water partition coefficient (Wildman–Crippen LogP) is 0.779. The van der Waals surface area contributed by atoms with Crippen LogP contribution in [0.1, 0.15) is 5.56 Å². The van der Waals surface area contributed by atoms with Crippen LogP contribution in [0.5, 0.6) is 0 Å². The van der Waals surface area contributed by atoms with E-state index in [0.29, 0.717) is 11.3 Å². The minimum absolute atomic E-state index is 0.448. The molecule has 13 heavy (non-hydrogen) atoms. The Morgan fingerprint density at radius 1 is 1.54 bits per heavy atom. The van der Waals surface area contributed by atoms with Crippen LogP contribution in [0, 0.1) is 4.77 Å². The Morgan fingerprint density at radius 3 is 3.08 bits per heavy atom. The molecule has 2 aromatic heterocycles. The molecule has 0 aromatic carbocycles. The molecule has 2 heterocycles. The summed E-state index contributed by atoms with van der Waals surface area (Å²) >= 11 is 4.92. The Bertz CT molecular complexity index is 431. The normalized spacial score (nSPS) is 10.2. The van der Waals surface area contributed by atoms with Crippen LogP contribution < -0.4 is 0 Å². The molecule has 0 spiro atoms. The van der Waals surface area contributed by atoms with Gasteiger partial charge in [-0.3, -0.25) is 4.98 Å². The third kappa shape index (κ3) is 1.78. The van der Waals surface area contributed by atoms with E-state index in [2.05, 4.69) is 20.5 Å². The molecule has 0 bridgehead atoms. The maximum atomic E-state index is 4.92. The zero-order valence-corrected chi connectivity index (χ0v) is 7.53. The molecule has 0 aliphatic carbocycles. The Balaban J connectivity index is 2.25. The lowest BCUT2D eigenvalue weighted by Gasteiger charge is -1.98. The number of pyridine rings is 1. The van der Waals surface area contributed by atoms with Gasteiger partial charge in [-0.2, -0.15) is 5.21 Å². The lowest BCUT2D eigenvalue weighted by Crippen LogP contribution is -2.02. The summed E-state index contributed by atoms with van der Waals surface area (Å²) < 4.78 is 2.12. The second kappa shape index (κ2) is 3.44. The molecule has 0 aliphatic rings. The predicted molar refractivity (Wildman–Crippen MR) is 48.5 cm³/mol. The van der Waals surface area contributed by atoms with Crippen LogP contribution in [0.3, 0.4) is 0 Å². The number of aromatic nitrogens is 5. The first kappa shape index (κ1) is 8.06. The first-order chi connectivity index (χ1) is 6.36. The van der Waals surface area contributed by atoms with Gasteiger partial charge in [-0.15, -0.1) is 0 Å². The second-order valence-corrected chi connectivity index (χ2v) is 2.90. The van der Waals surface area contributed by atoms with Crippen LogP contribution in [-0.4, -0.2) is 25.2 Å². The monoisotopic (exact) mass is 193 g/mol. The molecule has 0 aliphatic heterocycles. The van der Waals surface area contributed by atoms with Crippen molar-refractivity contribution in [2.75, 3.05) is 0 Å². The fraction of sp³-hybridized carbons (Fsp3) is 0.143. The maximum Gasteiger partial charge on any atom is 0.238 e. The number of nitrogens with zero attached hydrogens (tertiary/aromatic N) is 4. The average Bonchev–Trinajstić information content (AvgIpc) is 2.54. The molecule has 5 nitrogen and oxygen atoms in total. The number of nitrogens with one attached hydrogen (secondary N) is 1. The van der Waals surface area contributed by atoms with Crippen LogP contribution in [0.15, 0.2) is 24.5 Å². The van der Waals surface area contributed by atoms with E-state index in [1.165, 1.54) is 0 Å². The molecule has 0 atom stereocenters. The van der Waals surface area contributed by atoms with Gasteiger partial charge >= 0.3 is 0 Å². The summed E-state index contributed by atoms with van der Waals surface area (Å²) in [5.41, 5.74) is 1.06. The summed E-state index contributed by atoms with van der Waals surface area (Å²) in [4.78, 5) is 3.99. The summed E-state index contributed by atoms with van der Waals surface area (Å²) in [6.07, 6.45) is 3.51. The van der Waals surface area contributed by atoms with Crippen molar-refractivity contribution < 1.29 is 0 Å². The minimum Gasteiger partial charge on any atom is -0.264 e. The van der Waals surface area contributed by atoms with Crippen molar-refractivity contribution >= 4 is 12.2 Å². The smallest absolute Gasteiger partial charge is 0.238 e. The number of tetrazole rings is 1. The van der Waals surface area contributed by atoms with E-state index in [1.807, 2.05) is 12.1 Å². The molecule has 0 amide bonds. The average molecular weight is 193 g/mol. The van der Waals surface area contributed by atoms with Gasteiger partial charge in [0.25, 0.3) is 0 Å². The van der Waals surface area contributed by atoms with E-state index in [-0.39, 0.29) is 0 Å². The van der Waals surface area contributed by atoms with Gasteiger partial charge in [0, 0.05) is 12.4 Å². The van der Waals surface area contributed by atoms with Crippen LogP contribution in [-0.2, 0) is 6.54 Å². The highest BCUT2D eigenvalue weighted by molar-refractivity contribution is 7.71. The van der Waals surface area contributed by atoms with Gasteiger partial charge in [0.15, 0.2) is 0 Å². The molecule has 0 saturated heterocycles. The van der Waals surface area contributed by atoms with Crippen LogP contribution in [0.25, 0.3) is 0 Å². The quantitative estimate of drug-likeness (QED) is 0.716. The van der Waals surface area contributed by atoms with E-state index < -0.39 is 0 Å². The zero-order chi connectivity index (χ0) is 9.10. The molecule has 66 valence electrons. The number of aromatic amines is 1. The molecule has 0 saturated carbocycles. The van der Waals surface area contributed by atoms with Crippen LogP contribution in [0.4, 0.5) is 0 Å². The molecule has 2 rings (SSSR count). The molecule has 2 aromatic rings. The Kier molecular flexibility index (Phi) is 2.13. The summed E-state index contributed by atoms with van der Waals surface area (Å²) in [5.74, 6) is 0. The highest BCUT2D eigenvalue weighted by atomic mass is 32.1. The topological polar surface area (TPSA) is 59.4 Å². The summed E-state index contributed by atoms with van der Waals surface area (Å²) in [6, 6.07) is 3.85. The second-order valence-electron chi connectivity index (χ2n) is 2.53. The van der Waals surface area contributed by atoms with Gasteiger partial charge in [0.05, 0.1) is 6.54 Å². The lowest BCUT2D eigenvalue weighted by atomic mass is 10.3. The molecule has 1 N–H and O–H groups in total. The van der Waals surface area contributed by atoms with E-state index in [0.717, 1.165) is 5.56 Å². The Morgan fingerprint density at radius 2 is 2.46 bits per heavy atom. The van der Waals surface area contributed by atoms with E-state index >= 15 is 0 Å². The summed E-state index contributed by atoms with van der Waals surface area (Å²) in [7, 11) is 0. The number of H-pyrrole nitrogens is 1. The third-order valence-electron chi connectivity index (χ3n) is 1.60. The van der Waals surface area contributed by atoms with Gasteiger partial charge < -0.3 is 0 Å². The number of rotatable bonds is 2. The molecule has 0 radical (unpaired) electrons. The SMILES string of the molecule is S=c1nn[nH]n1Cc1cccnc1. The molecule has 0 unspecified atom stereocenters. The van der Waals surface area contributed by atoms with E-state index in [4.69, 9.17) is 12.2 Å². The van der Waals surface area contributed by atoms with Crippen LogP contribution >= 0.6 is 12.2 Å².